The minimum absolute atomic E-state index is 1.14. The molecule has 4 N–H and O–H groups in total. The third-order valence-electron chi connectivity index (χ3n) is 6.14. The van der Waals surface area contributed by atoms with Gasteiger partial charge in [0.2, 0.25) is 0 Å². The van der Waals surface area contributed by atoms with Crippen LogP contribution in [0, 0.1) is 0 Å². The van der Waals surface area contributed by atoms with E-state index in [9.17, 15) is 14.4 Å². The molecule has 0 aliphatic carbocycles. The normalized spacial score (nSPS) is 10.8. The molecule has 0 saturated heterocycles. The second-order valence-electron chi connectivity index (χ2n) is 11.0. The van der Waals surface area contributed by atoms with Crippen molar-refractivity contribution in [3.05, 3.63) is 0 Å². The van der Waals surface area contributed by atoms with Gasteiger partial charge in [-0.25, -0.2) is 4.79 Å². The van der Waals surface area contributed by atoms with Crippen LogP contribution in [0.3, 0.4) is 0 Å². The average molecular weight is 622 g/mol. The summed E-state index contributed by atoms with van der Waals surface area (Å²) in [6, 6.07) is 0. The summed E-state index contributed by atoms with van der Waals surface area (Å²) >= 11 is 0. The highest BCUT2D eigenvalue weighted by atomic mass is 16.4. The Bertz CT molecular complexity index is 534. The molecule has 10 heteroatoms. The van der Waals surface area contributed by atoms with Crippen molar-refractivity contribution in [2.75, 3.05) is 58.9 Å². The van der Waals surface area contributed by atoms with Gasteiger partial charge in [-0.2, -0.15) is 0 Å². The molecule has 0 spiro atoms. The highest BCUT2D eigenvalue weighted by Crippen LogP contribution is 2.15. The Hall–Kier alpha value is -1.75. The molecule has 0 aromatic rings. The van der Waals surface area contributed by atoms with Crippen LogP contribution >= 0.6 is 0 Å². The van der Waals surface area contributed by atoms with Crippen LogP contribution in [0.4, 0.5) is 0 Å². The average Bonchev–Trinajstić information content (AvgIpc) is 2.90. The second kappa shape index (κ2) is 34.7. The van der Waals surface area contributed by atoms with Gasteiger partial charge in [0.05, 0.1) is 12.8 Å². The lowest BCUT2D eigenvalue weighted by atomic mass is 9.96. The summed E-state index contributed by atoms with van der Waals surface area (Å²) in [4.78, 5) is 38.1. The van der Waals surface area contributed by atoms with E-state index in [1.807, 2.05) is 0 Å². The van der Waals surface area contributed by atoms with Gasteiger partial charge in [-0.15, -0.1) is 0 Å². The summed E-state index contributed by atoms with van der Waals surface area (Å²) in [5, 5.41) is 33.8. The van der Waals surface area contributed by atoms with E-state index in [0.717, 1.165) is 0 Å². The molecule has 0 heterocycles. The van der Waals surface area contributed by atoms with Gasteiger partial charge in [0.1, 0.15) is 0 Å². The van der Waals surface area contributed by atoms with Crippen LogP contribution in [0.2, 0.25) is 0 Å². The van der Waals surface area contributed by atoms with Crippen molar-refractivity contribution in [1.82, 2.24) is 14.7 Å². The summed E-state index contributed by atoms with van der Waals surface area (Å²) in [6.45, 7) is 31.8. The van der Waals surface area contributed by atoms with E-state index < -0.39 is 36.4 Å². The molecule has 0 rings (SSSR count). The topological polar surface area (TPSA) is 142 Å². The van der Waals surface area contributed by atoms with Gasteiger partial charge < -0.3 is 35.1 Å². The Kier molecular flexibility index (Phi) is 38.9. The number of carboxylic acids is 3. The number of carboxylic acid groups (broad SMARTS) is 3. The van der Waals surface area contributed by atoms with Gasteiger partial charge in [0.25, 0.3) is 0 Å². The van der Waals surface area contributed by atoms with E-state index in [2.05, 4.69) is 77.0 Å². The lowest BCUT2D eigenvalue weighted by Gasteiger charge is -2.19. The first-order chi connectivity index (χ1) is 20.3. The standard InChI is InChI=1S/3C9H21N.C6H8O7/c3*1-4-7-10(8-5-2)9-6-3;7-3(8)1-6(13,5(11)12)2-4(9)10/h3*4-9H2,1-3H3;13H,1-2H2,(H,7,8)(H,9,10)(H,11,12). The lowest BCUT2D eigenvalue weighted by Crippen LogP contribution is -2.42. The molecule has 0 unspecified atom stereocenters. The van der Waals surface area contributed by atoms with Crippen molar-refractivity contribution in [1.29, 1.82) is 0 Å². The summed E-state index contributed by atoms with van der Waals surface area (Å²) in [6.07, 6.45) is 9.34. The maximum absolute atomic E-state index is 10.3. The van der Waals surface area contributed by atoms with Crippen molar-refractivity contribution < 1.29 is 34.8 Å². The maximum Gasteiger partial charge on any atom is 0.336 e. The Morgan fingerprint density at radius 1 is 0.419 bits per heavy atom. The van der Waals surface area contributed by atoms with Crippen LogP contribution in [-0.4, -0.2) is 118 Å². The van der Waals surface area contributed by atoms with Crippen LogP contribution in [0.15, 0.2) is 0 Å². The maximum atomic E-state index is 10.3. The summed E-state index contributed by atoms with van der Waals surface area (Å²) < 4.78 is 0. The van der Waals surface area contributed by atoms with Crippen molar-refractivity contribution in [3.63, 3.8) is 0 Å². The zero-order valence-electron chi connectivity index (χ0n) is 29.5. The van der Waals surface area contributed by atoms with E-state index in [-0.39, 0.29) is 0 Å². The molecule has 0 aromatic heterocycles. The smallest absolute Gasteiger partial charge is 0.336 e. The second-order valence-corrected chi connectivity index (χ2v) is 11.0. The molecular weight excluding hydrogens is 550 g/mol. The molecule has 10 nitrogen and oxygen atoms in total. The third kappa shape index (κ3) is 34.6. The van der Waals surface area contributed by atoms with Gasteiger partial charge in [-0.05, 0) is 117 Å². The molecular formula is C33H71N3O7. The molecule has 0 saturated carbocycles. The van der Waals surface area contributed by atoms with E-state index in [4.69, 9.17) is 20.4 Å². The first-order valence-electron chi connectivity index (χ1n) is 16.9. The molecule has 0 bridgehead atoms. The Morgan fingerprint density at radius 2 is 0.581 bits per heavy atom. The Labute approximate surface area is 264 Å². The lowest BCUT2D eigenvalue weighted by molar-refractivity contribution is -0.170. The summed E-state index contributed by atoms with van der Waals surface area (Å²) in [5.41, 5.74) is -2.74. The molecule has 0 atom stereocenters. The molecule has 0 aliphatic heterocycles. The van der Waals surface area contributed by atoms with Crippen molar-refractivity contribution in [2.45, 2.75) is 139 Å². The molecule has 0 fully saturated rings. The molecule has 0 aromatic carbocycles. The van der Waals surface area contributed by atoms with Gasteiger partial charge >= 0.3 is 17.9 Å². The summed E-state index contributed by atoms with van der Waals surface area (Å²) in [5.74, 6) is -5.02. The first-order valence-corrected chi connectivity index (χ1v) is 16.9. The largest absolute Gasteiger partial charge is 0.481 e. The molecule has 43 heavy (non-hydrogen) atoms. The van der Waals surface area contributed by atoms with Crippen LogP contribution < -0.4 is 0 Å². The van der Waals surface area contributed by atoms with Crippen LogP contribution in [0.25, 0.3) is 0 Å². The highest BCUT2D eigenvalue weighted by Gasteiger charge is 2.40. The minimum atomic E-state index is -2.74. The molecule has 0 aliphatic rings. The first kappa shape index (κ1) is 48.2. The highest BCUT2D eigenvalue weighted by molar-refractivity contribution is 5.88. The van der Waals surface area contributed by atoms with Gasteiger partial charge in [0, 0.05) is 0 Å². The Balaban J connectivity index is -0.000000238. The SMILES string of the molecule is CCCN(CCC)CCC.CCCN(CCC)CCC.CCCN(CCC)CCC.O=C(O)CC(O)(CC(=O)O)C(=O)O. The molecule has 0 radical (unpaired) electrons. The number of hydrogen-bond donors (Lipinski definition) is 4. The van der Waals surface area contributed by atoms with Crippen molar-refractivity contribution in [2.24, 2.45) is 0 Å². The zero-order valence-corrected chi connectivity index (χ0v) is 29.5. The molecule has 260 valence electrons. The zero-order chi connectivity index (χ0) is 34.1. The van der Waals surface area contributed by atoms with Crippen LogP contribution in [0.5, 0.6) is 0 Å². The fourth-order valence-electron chi connectivity index (χ4n) is 4.57. The number of hydrogen-bond acceptors (Lipinski definition) is 7. The van der Waals surface area contributed by atoms with Crippen LogP contribution in [0.1, 0.15) is 133 Å². The number of aliphatic carboxylic acids is 3. The van der Waals surface area contributed by atoms with Gasteiger partial charge in [0.15, 0.2) is 5.60 Å². The third-order valence-corrected chi connectivity index (χ3v) is 6.14. The van der Waals surface area contributed by atoms with E-state index in [1.165, 1.54) is 117 Å². The number of aliphatic hydroxyl groups is 1. The quantitative estimate of drug-likeness (QED) is 0.103. The fraction of sp³-hybridized carbons (Fsp3) is 0.909. The van der Waals surface area contributed by atoms with E-state index >= 15 is 0 Å². The van der Waals surface area contributed by atoms with Crippen LogP contribution in [-0.2, 0) is 14.4 Å². The van der Waals surface area contributed by atoms with Gasteiger partial charge in [-0.1, -0.05) is 62.3 Å². The monoisotopic (exact) mass is 622 g/mol. The predicted molar refractivity (Wildman–Crippen MR) is 179 cm³/mol. The van der Waals surface area contributed by atoms with Gasteiger partial charge in [-0.3, -0.25) is 9.59 Å². The number of carbonyl (C=O) groups is 3. The van der Waals surface area contributed by atoms with E-state index in [1.54, 1.807) is 0 Å². The van der Waals surface area contributed by atoms with Crippen molar-refractivity contribution in [3.8, 4) is 0 Å². The minimum Gasteiger partial charge on any atom is -0.481 e. The Morgan fingerprint density at radius 3 is 0.674 bits per heavy atom. The van der Waals surface area contributed by atoms with Crippen molar-refractivity contribution >= 4 is 17.9 Å². The fourth-order valence-corrected chi connectivity index (χ4v) is 4.57. The summed E-state index contributed by atoms with van der Waals surface area (Å²) in [7, 11) is 0. The number of rotatable bonds is 23. The predicted octanol–water partition coefficient (Wildman–Crippen LogP) is 6.31. The molecule has 0 amide bonds. The van der Waals surface area contributed by atoms with E-state index in [0.29, 0.717) is 0 Å². The number of nitrogens with zero attached hydrogens (tertiary/aromatic N) is 3.